The molecule has 1 aromatic heterocycles. The minimum atomic E-state index is -0.167. The van der Waals surface area contributed by atoms with Gasteiger partial charge in [0.25, 0.3) is 5.91 Å². The van der Waals surface area contributed by atoms with Crippen LogP contribution >= 0.6 is 24.0 Å². The molecule has 31 heavy (non-hydrogen) atoms. The fourth-order valence-corrected chi connectivity index (χ4v) is 4.89. The van der Waals surface area contributed by atoms with Gasteiger partial charge in [-0.2, -0.15) is 10.2 Å². The summed E-state index contributed by atoms with van der Waals surface area (Å²) < 4.78 is 11.5. The third-order valence-electron chi connectivity index (χ3n) is 5.29. The van der Waals surface area contributed by atoms with Crippen LogP contribution in [0.1, 0.15) is 36.4 Å². The van der Waals surface area contributed by atoms with Crippen molar-refractivity contribution in [3.05, 3.63) is 46.3 Å². The second-order valence-electron chi connectivity index (χ2n) is 7.30. The maximum Gasteiger partial charge on any atom is 0.266 e. The SMILES string of the molecule is COc1ccc(CCN2C(=O)/C(=C\c3nc(C#N)c(N4CCCCC4)o3)SC2=S)cc1. The van der Waals surface area contributed by atoms with Crippen LogP contribution in [0.15, 0.2) is 33.6 Å². The zero-order chi connectivity index (χ0) is 21.8. The molecule has 0 N–H and O–H groups in total. The average molecular weight is 455 g/mol. The van der Waals surface area contributed by atoms with Crippen molar-refractivity contribution < 1.29 is 13.9 Å². The van der Waals surface area contributed by atoms with Gasteiger partial charge in [-0.25, -0.2) is 0 Å². The fourth-order valence-electron chi connectivity index (χ4n) is 3.61. The van der Waals surface area contributed by atoms with Gasteiger partial charge in [-0.3, -0.25) is 9.69 Å². The predicted octanol–water partition coefficient (Wildman–Crippen LogP) is 3.99. The monoisotopic (exact) mass is 454 g/mol. The summed E-state index contributed by atoms with van der Waals surface area (Å²) in [5.74, 6) is 1.37. The molecule has 2 fully saturated rings. The number of carbonyl (C=O) groups is 1. The minimum absolute atomic E-state index is 0.167. The molecule has 9 heteroatoms. The third kappa shape index (κ3) is 4.75. The number of oxazole rings is 1. The van der Waals surface area contributed by atoms with E-state index in [2.05, 4.69) is 11.1 Å². The van der Waals surface area contributed by atoms with Gasteiger partial charge in [0.15, 0.2) is 0 Å². The molecule has 2 aliphatic heterocycles. The first-order chi connectivity index (χ1) is 15.1. The van der Waals surface area contributed by atoms with Crippen molar-refractivity contribution in [2.24, 2.45) is 0 Å². The van der Waals surface area contributed by atoms with Crippen LogP contribution in [0.2, 0.25) is 0 Å². The lowest BCUT2D eigenvalue weighted by Gasteiger charge is -2.25. The van der Waals surface area contributed by atoms with Gasteiger partial charge in [-0.15, -0.1) is 0 Å². The molecule has 7 nitrogen and oxygen atoms in total. The molecule has 160 valence electrons. The van der Waals surface area contributed by atoms with E-state index in [1.165, 1.54) is 18.2 Å². The Labute approximate surface area is 190 Å². The average Bonchev–Trinajstić information content (AvgIpc) is 3.33. The van der Waals surface area contributed by atoms with E-state index in [-0.39, 0.29) is 17.5 Å². The number of nitrogens with zero attached hydrogens (tertiary/aromatic N) is 4. The molecule has 0 saturated carbocycles. The first-order valence-electron chi connectivity index (χ1n) is 10.1. The van der Waals surface area contributed by atoms with Crippen LogP contribution in [0.3, 0.4) is 0 Å². The van der Waals surface area contributed by atoms with Crippen LogP contribution in [-0.2, 0) is 11.2 Å². The predicted molar refractivity (Wildman–Crippen MR) is 124 cm³/mol. The lowest BCUT2D eigenvalue weighted by Crippen LogP contribution is -2.30. The Hall–Kier alpha value is -2.83. The van der Waals surface area contributed by atoms with Crippen molar-refractivity contribution in [3.63, 3.8) is 0 Å². The quantitative estimate of drug-likeness (QED) is 0.479. The summed E-state index contributed by atoms with van der Waals surface area (Å²) in [5.41, 5.74) is 1.35. The summed E-state index contributed by atoms with van der Waals surface area (Å²) in [6.07, 6.45) is 5.57. The number of carbonyl (C=O) groups excluding carboxylic acids is 1. The molecule has 3 heterocycles. The Morgan fingerprint density at radius 1 is 1.29 bits per heavy atom. The van der Waals surface area contributed by atoms with E-state index in [9.17, 15) is 10.1 Å². The van der Waals surface area contributed by atoms with Crippen LogP contribution in [0.4, 0.5) is 5.88 Å². The highest BCUT2D eigenvalue weighted by molar-refractivity contribution is 8.26. The van der Waals surface area contributed by atoms with Crippen molar-refractivity contribution in [2.75, 3.05) is 31.6 Å². The van der Waals surface area contributed by atoms with Crippen LogP contribution in [0.5, 0.6) is 5.75 Å². The number of ether oxygens (including phenoxy) is 1. The first-order valence-corrected chi connectivity index (χ1v) is 11.4. The number of hydrogen-bond acceptors (Lipinski definition) is 8. The lowest BCUT2D eigenvalue weighted by atomic mass is 10.1. The molecular formula is C22H22N4O3S2. The lowest BCUT2D eigenvalue weighted by molar-refractivity contribution is -0.122. The number of methoxy groups -OCH3 is 1. The molecule has 2 aromatic rings. The number of hydrogen-bond donors (Lipinski definition) is 0. The topological polar surface area (TPSA) is 82.6 Å². The van der Waals surface area contributed by atoms with Gasteiger partial charge in [0.2, 0.25) is 17.5 Å². The summed E-state index contributed by atoms with van der Waals surface area (Å²) >= 11 is 6.65. The van der Waals surface area contributed by atoms with E-state index >= 15 is 0 Å². The van der Waals surface area contributed by atoms with Crippen molar-refractivity contribution >= 4 is 46.2 Å². The van der Waals surface area contributed by atoms with Crippen molar-refractivity contribution in [1.29, 1.82) is 5.26 Å². The highest BCUT2D eigenvalue weighted by Gasteiger charge is 2.32. The molecule has 0 unspecified atom stereocenters. The van der Waals surface area contributed by atoms with E-state index in [1.54, 1.807) is 18.1 Å². The molecule has 0 atom stereocenters. The Morgan fingerprint density at radius 3 is 2.71 bits per heavy atom. The molecule has 2 saturated heterocycles. The smallest absolute Gasteiger partial charge is 0.266 e. The maximum atomic E-state index is 12.9. The number of piperidine rings is 1. The van der Waals surface area contributed by atoms with Crippen LogP contribution in [0.25, 0.3) is 6.08 Å². The number of aromatic nitrogens is 1. The molecule has 0 aliphatic carbocycles. The largest absolute Gasteiger partial charge is 0.497 e. The summed E-state index contributed by atoms with van der Waals surface area (Å²) in [7, 11) is 1.63. The summed E-state index contributed by atoms with van der Waals surface area (Å²) in [4.78, 5) is 21.3. The first kappa shape index (κ1) is 21.4. The normalized spacial score (nSPS) is 18.0. The zero-order valence-corrected chi connectivity index (χ0v) is 18.8. The van der Waals surface area contributed by atoms with Crippen LogP contribution in [-0.4, -0.2) is 46.9 Å². The molecule has 0 bridgehead atoms. The van der Waals surface area contributed by atoms with Crippen molar-refractivity contribution in [3.8, 4) is 11.8 Å². The Bertz CT molecular complexity index is 1050. The number of amides is 1. The van der Waals surface area contributed by atoms with Gasteiger partial charge in [-0.1, -0.05) is 36.1 Å². The molecule has 0 spiro atoms. The molecule has 0 radical (unpaired) electrons. The van der Waals surface area contributed by atoms with Crippen LogP contribution < -0.4 is 9.64 Å². The summed E-state index contributed by atoms with van der Waals surface area (Å²) in [5, 5.41) is 9.44. The van der Waals surface area contributed by atoms with E-state index < -0.39 is 0 Å². The molecular weight excluding hydrogens is 432 g/mol. The molecule has 4 rings (SSSR count). The zero-order valence-electron chi connectivity index (χ0n) is 17.2. The highest BCUT2D eigenvalue weighted by Crippen LogP contribution is 2.34. The minimum Gasteiger partial charge on any atom is -0.497 e. The fraction of sp³-hybridized carbons (Fsp3) is 0.364. The van der Waals surface area contributed by atoms with Gasteiger partial charge >= 0.3 is 0 Å². The van der Waals surface area contributed by atoms with Gasteiger partial charge < -0.3 is 14.1 Å². The summed E-state index contributed by atoms with van der Waals surface area (Å²) in [6, 6.07) is 9.85. The van der Waals surface area contributed by atoms with Gasteiger partial charge in [0, 0.05) is 25.7 Å². The highest BCUT2D eigenvalue weighted by atomic mass is 32.2. The standard InChI is InChI=1S/C22H22N4O3S2/c1-28-16-7-5-15(6-8-16)9-12-26-20(27)18(31-22(26)30)13-19-24-17(14-23)21(29-19)25-10-3-2-4-11-25/h5-8,13H,2-4,9-12H2,1H3/b18-13+. The Balaban J connectivity index is 1.46. The second-order valence-corrected chi connectivity index (χ2v) is 8.97. The Kier molecular flexibility index (Phi) is 6.59. The van der Waals surface area contributed by atoms with E-state index in [1.807, 2.05) is 29.2 Å². The number of rotatable bonds is 6. The third-order valence-corrected chi connectivity index (χ3v) is 6.66. The van der Waals surface area contributed by atoms with Crippen molar-refractivity contribution in [1.82, 2.24) is 9.88 Å². The van der Waals surface area contributed by atoms with E-state index in [0.29, 0.717) is 28.1 Å². The van der Waals surface area contributed by atoms with Gasteiger partial charge in [0.05, 0.1) is 12.0 Å². The number of anilines is 1. The molecule has 1 aromatic carbocycles. The number of benzene rings is 1. The van der Waals surface area contributed by atoms with E-state index in [4.69, 9.17) is 21.4 Å². The number of thiocarbonyl (C=S) groups is 1. The second kappa shape index (κ2) is 9.54. The molecule has 1 amide bonds. The van der Waals surface area contributed by atoms with Crippen molar-refractivity contribution in [2.45, 2.75) is 25.7 Å². The number of nitriles is 1. The Morgan fingerprint density at radius 2 is 2.03 bits per heavy atom. The molecule has 2 aliphatic rings. The maximum absolute atomic E-state index is 12.9. The van der Waals surface area contributed by atoms with Crippen LogP contribution in [0, 0.1) is 11.3 Å². The van der Waals surface area contributed by atoms with E-state index in [0.717, 1.165) is 37.2 Å². The van der Waals surface area contributed by atoms with Gasteiger partial charge in [-0.05, 0) is 43.4 Å². The van der Waals surface area contributed by atoms with Gasteiger partial charge in [0.1, 0.15) is 16.1 Å². The summed E-state index contributed by atoms with van der Waals surface area (Å²) in [6.45, 7) is 2.18. The number of thioether (sulfide) groups is 1.